The zero-order chi connectivity index (χ0) is 16.3. The molecule has 2 rings (SSSR count). The zero-order valence-electron chi connectivity index (χ0n) is 10.7. The van der Waals surface area contributed by atoms with Gasteiger partial charge in [-0.1, -0.05) is 23.2 Å². The van der Waals surface area contributed by atoms with Crippen molar-refractivity contribution in [3.05, 3.63) is 58.1 Å². The van der Waals surface area contributed by atoms with Crippen molar-refractivity contribution in [2.45, 2.75) is 6.36 Å². The molecule has 8 heteroatoms. The summed E-state index contributed by atoms with van der Waals surface area (Å²) in [5, 5.41) is 0.563. The molecule has 0 aliphatic rings. The molecular formula is C14H7Cl2F3O3. The summed E-state index contributed by atoms with van der Waals surface area (Å²) in [4.78, 5) is 11.9. The Morgan fingerprint density at radius 2 is 1.45 bits per heavy atom. The number of hydrogen-bond acceptors (Lipinski definition) is 3. The summed E-state index contributed by atoms with van der Waals surface area (Å²) in [5.41, 5.74) is 0.0469. The molecule has 0 bridgehead atoms. The molecule has 0 spiro atoms. The van der Waals surface area contributed by atoms with Crippen LogP contribution in [0.3, 0.4) is 0 Å². The van der Waals surface area contributed by atoms with Crippen LogP contribution in [0.5, 0.6) is 11.5 Å². The van der Waals surface area contributed by atoms with Gasteiger partial charge in [0.15, 0.2) is 0 Å². The number of rotatable bonds is 3. The number of carbonyl (C=O) groups is 1. The van der Waals surface area contributed by atoms with Crippen LogP contribution in [0.25, 0.3) is 0 Å². The topological polar surface area (TPSA) is 35.5 Å². The monoisotopic (exact) mass is 350 g/mol. The molecule has 0 fully saturated rings. The van der Waals surface area contributed by atoms with Gasteiger partial charge in [0.2, 0.25) is 0 Å². The Morgan fingerprint density at radius 3 is 1.95 bits per heavy atom. The molecule has 0 saturated carbocycles. The molecule has 0 atom stereocenters. The van der Waals surface area contributed by atoms with Crippen molar-refractivity contribution in [1.82, 2.24) is 0 Å². The lowest BCUT2D eigenvalue weighted by atomic mass is 10.2. The van der Waals surface area contributed by atoms with E-state index in [-0.39, 0.29) is 21.4 Å². The molecule has 0 saturated heterocycles. The van der Waals surface area contributed by atoms with Gasteiger partial charge in [-0.3, -0.25) is 0 Å². The van der Waals surface area contributed by atoms with E-state index >= 15 is 0 Å². The summed E-state index contributed by atoms with van der Waals surface area (Å²) < 4.78 is 44.8. The molecule has 116 valence electrons. The predicted molar refractivity (Wildman–Crippen MR) is 74.5 cm³/mol. The first-order valence-corrected chi connectivity index (χ1v) is 6.52. The van der Waals surface area contributed by atoms with Crippen molar-refractivity contribution in [1.29, 1.82) is 0 Å². The molecule has 22 heavy (non-hydrogen) atoms. The summed E-state index contributed by atoms with van der Waals surface area (Å²) >= 11 is 11.5. The van der Waals surface area contributed by atoms with Gasteiger partial charge in [0.05, 0.1) is 5.56 Å². The first kappa shape index (κ1) is 16.5. The van der Waals surface area contributed by atoms with Crippen molar-refractivity contribution in [3.63, 3.8) is 0 Å². The summed E-state index contributed by atoms with van der Waals surface area (Å²) in [7, 11) is 0. The molecular weight excluding hydrogens is 344 g/mol. The SMILES string of the molecule is O=C(Oc1cc(Cl)cc(Cl)c1)c1ccc(OC(F)(F)F)cc1. The zero-order valence-corrected chi connectivity index (χ0v) is 12.2. The third-order valence-corrected chi connectivity index (χ3v) is 2.81. The first-order valence-electron chi connectivity index (χ1n) is 5.77. The second kappa shape index (κ2) is 6.46. The summed E-state index contributed by atoms with van der Waals surface area (Å²) in [5.74, 6) is -1.08. The second-order valence-electron chi connectivity index (χ2n) is 4.07. The van der Waals surface area contributed by atoms with E-state index in [0.29, 0.717) is 0 Å². The number of halogens is 5. The highest BCUT2D eigenvalue weighted by atomic mass is 35.5. The van der Waals surface area contributed by atoms with Crippen LogP contribution in [0.4, 0.5) is 13.2 Å². The summed E-state index contributed by atoms with van der Waals surface area (Å²) in [6, 6.07) is 8.54. The molecule has 0 aliphatic carbocycles. The van der Waals surface area contributed by atoms with Gasteiger partial charge in [-0.2, -0.15) is 0 Å². The maximum atomic E-state index is 12.0. The largest absolute Gasteiger partial charge is 0.573 e. The van der Waals surface area contributed by atoms with Gasteiger partial charge < -0.3 is 9.47 Å². The van der Waals surface area contributed by atoms with E-state index in [4.69, 9.17) is 27.9 Å². The van der Waals surface area contributed by atoms with Crippen LogP contribution in [-0.4, -0.2) is 12.3 Å². The van der Waals surface area contributed by atoms with Gasteiger partial charge in [-0.15, -0.1) is 13.2 Å². The van der Waals surface area contributed by atoms with E-state index < -0.39 is 18.1 Å². The lowest BCUT2D eigenvalue weighted by Gasteiger charge is -2.09. The number of hydrogen-bond donors (Lipinski definition) is 0. The Hall–Kier alpha value is -1.92. The molecule has 3 nitrogen and oxygen atoms in total. The minimum Gasteiger partial charge on any atom is -0.423 e. The van der Waals surface area contributed by atoms with Gasteiger partial charge in [0.1, 0.15) is 11.5 Å². The van der Waals surface area contributed by atoms with Crippen LogP contribution < -0.4 is 9.47 Å². The van der Waals surface area contributed by atoms with E-state index in [2.05, 4.69) is 4.74 Å². The van der Waals surface area contributed by atoms with Crippen LogP contribution in [-0.2, 0) is 0 Å². The predicted octanol–water partition coefficient (Wildman–Crippen LogP) is 5.11. The third kappa shape index (κ3) is 4.82. The highest BCUT2D eigenvalue weighted by Crippen LogP contribution is 2.26. The van der Waals surface area contributed by atoms with Gasteiger partial charge in [-0.25, -0.2) is 4.79 Å². The van der Waals surface area contributed by atoms with Gasteiger partial charge in [0, 0.05) is 10.0 Å². The summed E-state index contributed by atoms with van der Waals surface area (Å²) in [6.45, 7) is 0. The second-order valence-corrected chi connectivity index (χ2v) is 4.94. The van der Waals surface area contributed by atoms with Crippen LogP contribution in [0.1, 0.15) is 10.4 Å². The molecule has 0 amide bonds. The van der Waals surface area contributed by atoms with Crippen LogP contribution in [0.15, 0.2) is 42.5 Å². The number of alkyl halides is 3. The number of benzene rings is 2. The quantitative estimate of drug-likeness (QED) is 0.569. The van der Waals surface area contributed by atoms with Gasteiger partial charge >= 0.3 is 12.3 Å². The van der Waals surface area contributed by atoms with Crippen LogP contribution >= 0.6 is 23.2 Å². The highest BCUT2D eigenvalue weighted by Gasteiger charge is 2.31. The fourth-order valence-corrected chi connectivity index (χ4v) is 2.05. The van der Waals surface area contributed by atoms with Crippen LogP contribution in [0.2, 0.25) is 10.0 Å². The van der Waals surface area contributed by atoms with Crippen molar-refractivity contribution in [2.24, 2.45) is 0 Å². The minimum atomic E-state index is -4.79. The Labute approximate surface area is 133 Å². The number of esters is 1. The van der Waals surface area contributed by atoms with E-state index in [1.54, 1.807) is 0 Å². The molecule has 0 aromatic heterocycles. The normalized spacial score (nSPS) is 11.1. The molecule has 0 radical (unpaired) electrons. The van der Waals surface area contributed by atoms with Crippen molar-refractivity contribution in [3.8, 4) is 11.5 Å². The van der Waals surface area contributed by atoms with E-state index in [1.165, 1.54) is 18.2 Å². The maximum Gasteiger partial charge on any atom is 0.573 e. The van der Waals surface area contributed by atoms with E-state index in [9.17, 15) is 18.0 Å². The van der Waals surface area contributed by atoms with Crippen LogP contribution in [0, 0.1) is 0 Å². The average Bonchev–Trinajstić information content (AvgIpc) is 2.36. The Kier molecular flexibility index (Phi) is 4.83. The Morgan fingerprint density at radius 1 is 0.909 bits per heavy atom. The smallest absolute Gasteiger partial charge is 0.423 e. The highest BCUT2D eigenvalue weighted by molar-refractivity contribution is 6.34. The average molecular weight is 351 g/mol. The lowest BCUT2D eigenvalue weighted by molar-refractivity contribution is -0.274. The summed E-state index contributed by atoms with van der Waals surface area (Å²) in [6.07, 6.45) is -4.79. The minimum absolute atomic E-state index is 0.0469. The molecule has 2 aromatic carbocycles. The van der Waals surface area contributed by atoms with Gasteiger partial charge in [-0.05, 0) is 42.5 Å². The van der Waals surface area contributed by atoms with Crippen molar-refractivity contribution >= 4 is 29.2 Å². The molecule has 0 unspecified atom stereocenters. The van der Waals surface area contributed by atoms with E-state index in [1.807, 2.05) is 0 Å². The van der Waals surface area contributed by atoms with E-state index in [0.717, 1.165) is 24.3 Å². The maximum absolute atomic E-state index is 12.0. The lowest BCUT2D eigenvalue weighted by Crippen LogP contribution is -2.17. The number of carbonyl (C=O) groups excluding carboxylic acids is 1. The molecule has 2 aromatic rings. The Bertz CT molecular complexity index is 664. The standard InChI is InChI=1S/C14H7Cl2F3O3/c15-9-5-10(16)7-12(6-9)21-13(20)8-1-3-11(4-2-8)22-14(17,18)19/h1-7H. The molecule has 0 N–H and O–H groups in total. The third-order valence-electron chi connectivity index (χ3n) is 2.37. The van der Waals surface area contributed by atoms with Crippen molar-refractivity contribution in [2.75, 3.05) is 0 Å². The Balaban J connectivity index is 2.09. The number of ether oxygens (including phenoxy) is 2. The molecule has 0 aliphatic heterocycles. The fourth-order valence-electron chi connectivity index (χ4n) is 1.55. The molecule has 0 heterocycles. The van der Waals surface area contributed by atoms with Gasteiger partial charge in [0.25, 0.3) is 0 Å². The van der Waals surface area contributed by atoms with Crippen molar-refractivity contribution < 1.29 is 27.4 Å². The fraction of sp³-hybridized carbons (Fsp3) is 0.0714. The first-order chi connectivity index (χ1) is 10.2.